The molecule has 1 heterocycles. The van der Waals surface area contributed by atoms with Crippen molar-refractivity contribution in [3.05, 3.63) is 22.3 Å². The van der Waals surface area contributed by atoms with E-state index in [1.54, 1.807) is 0 Å². The molecule has 1 amide bonds. The first-order chi connectivity index (χ1) is 9.56. The molecule has 2 aliphatic rings. The van der Waals surface area contributed by atoms with E-state index in [9.17, 15) is 9.90 Å². The first-order valence-corrected chi connectivity index (χ1v) is 7.38. The van der Waals surface area contributed by atoms with E-state index in [2.05, 4.69) is 0 Å². The Bertz CT molecular complexity index is 574. The van der Waals surface area contributed by atoms with E-state index in [0.29, 0.717) is 12.4 Å². The van der Waals surface area contributed by atoms with Gasteiger partial charge in [-0.15, -0.1) is 0 Å². The molecule has 3 rings (SSSR count). The summed E-state index contributed by atoms with van der Waals surface area (Å²) in [6, 6.07) is 0. The SMILES string of the molecule is CCOc1c(O)c(C(C)C)c2c(C(=O)N3CC3)c1CC2. The quantitative estimate of drug-likeness (QED) is 0.859. The van der Waals surface area contributed by atoms with Crippen LogP contribution in [0.3, 0.4) is 0 Å². The van der Waals surface area contributed by atoms with Crippen LogP contribution in [-0.4, -0.2) is 35.6 Å². The summed E-state index contributed by atoms with van der Waals surface area (Å²) in [5.41, 5.74) is 3.63. The number of carbonyl (C=O) groups is 1. The number of ether oxygens (including phenoxy) is 1. The molecule has 0 atom stereocenters. The third-order valence-electron chi connectivity index (χ3n) is 4.11. The van der Waals surface area contributed by atoms with E-state index >= 15 is 0 Å². The summed E-state index contributed by atoms with van der Waals surface area (Å²) in [7, 11) is 0. The summed E-state index contributed by atoms with van der Waals surface area (Å²) in [5.74, 6) is 1.06. The van der Waals surface area contributed by atoms with Gasteiger partial charge in [-0.25, -0.2) is 0 Å². The number of rotatable bonds is 4. The Kier molecular flexibility index (Phi) is 3.11. The molecule has 1 fully saturated rings. The summed E-state index contributed by atoms with van der Waals surface area (Å²) in [5, 5.41) is 10.5. The van der Waals surface area contributed by atoms with Gasteiger partial charge < -0.3 is 14.7 Å². The topological polar surface area (TPSA) is 49.5 Å². The first-order valence-electron chi connectivity index (χ1n) is 7.38. The zero-order valence-electron chi connectivity index (χ0n) is 12.3. The normalized spacial score (nSPS) is 15.9. The van der Waals surface area contributed by atoms with Crippen molar-refractivity contribution in [2.24, 2.45) is 0 Å². The van der Waals surface area contributed by atoms with Gasteiger partial charge in [-0.2, -0.15) is 0 Å². The molecular weight excluding hydrogens is 254 g/mol. The lowest BCUT2D eigenvalue weighted by Gasteiger charge is -2.19. The summed E-state index contributed by atoms with van der Waals surface area (Å²) < 4.78 is 5.65. The number of nitrogens with zero attached hydrogens (tertiary/aromatic N) is 1. The van der Waals surface area contributed by atoms with Crippen LogP contribution >= 0.6 is 0 Å². The van der Waals surface area contributed by atoms with Crippen LogP contribution in [0.1, 0.15) is 53.7 Å². The Morgan fingerprint density at radius 3 is 2.50 bits per heavy atom. The Morgan fingerprint density at radius 1 is 1.30 bits per heavy atom. The number of phenolic OH excluding ortho intramolecular Hbond substituents is 1. The number of benzene rings is 1. The zero-order valence-corrected chi connectivity index (χ0v) is 12.3. The van der Waals surface area contributed by atoms with Gasteiger partial charge in [0.15, 0.2) is 11.5 Å². The number of hydrogen-bond donors (Lipinski definition) is 1. The first kappa shape index (κ1) is 13.3. The van der Waals surface area contributed by atoms with Crippen molar-refractivity contribution in [3.63, 3.8) is 0 Å². The maximum atomic E-state index is 12.5. The van der Waals surface area contributed by atoms with Crippen LogP contribution < -0.4 is 4.74 Å². The van der Waals surface area contributed by atoms with Gasteiger partial charge >= 0.3 is 0 Å². The van der Waals surface area contributed by atoms with Gasteiger partial charge in [-0.1, -0.05) is 13.8 Å². The molecule has 20 heavy (non-hydrogen) atoms. The highest BCUT2D eigenvalue weighted by atomic mass is 16.5. The molecule has 1 aliphatic carbocycles. The average Bonchev–Trinajstić information content (AvgIpc) is 3.17. The van der Waals surface area contributed by atoms with Gasteiger partial charge in [0, 0.05) is 24.2 Å². The van der Waals surface area contributed by atoms with Gasteiger partial charge in [0.05, 0.1) is 12.2 Å². The van der Waals surface area contributed by atoms with E-state index in [1.807, 2.05) is 25.7 Å². The zero-order chi connectivity index (χ0) is 14.4. The molecule has 0 aromatic heterocycles. The van der Waals surface area contributed by atoms with Crippen LogP contribution in [0, 0.1) is 0 Å². The van der Waals surface area contributed by atoms with Crippen molar-refractivity contribution in [2.75, 3.05) is 19.7 Å². The minimum Gasteiger partial charge on any atom is -0.504 e. The molecular formula is C16H21NO3. The molecule has 1 aliphatic heterocycles. The Hall–Kier alpha value is -1.71. The molecule has 108 valence electrons. The van der Waals surface area contributed by atoms with Gasteiger partial charge in [0.1, 0.15) is 0 Å². The van der Waals surface area contributed by atoms with Crippen LogP contribution in [0.4, 0.5) is 0 Å². The summed E-state index contributed by atoms with van der Waals surface area (Å²) in [6.07, 6.45) is 1.62. The van der Waals surface area contributed by atoms with Crippen LogP contribution in [0.2, 0.25) is 0 Å². The third-order valence-corrected chi connectivity index (χ3v) is 4.11. The fraction of sp³-hybridized carbons (Fsp3) is 0.562. The lowest BCUT2D eigenvalue weighted by Crippen LogP contribution is -2.15. The minimum absolute atomic E-state index is 0.107. The van der Waals surface area contributed by atoms with Gasteiger partial charge in [-0.05, 0) is 31.2 Å². The number of phenols is 1. The van der Waals surface area contributed by atoms with Crippen LogP contribution in [0.5, 0.6) is 11.5 Å². The van der Waals surface area contributed by atoms with Gasteiger partial charge in [0.2, 0.25) is 0 Å². The number of carbonyl (C=O) groups excluding carboxylic acids is 1. The lowest BCUT2D eigenvalue weighted by molar-refractivity contribution is 0.0884. The largest absolute Gasteiger partial charge is 0.504 e. The van der Waals surface area contributed by atoms with Crippen LogP contribution in [0.25, 0.3) is 0 Å². The summed E-state index contributed by atoms with van der Waals surface area (Å²) >= 11 is 0. The molecule has 0 saturated carbocycles. The number of aromatic hydroxyl groups is 1. The standard InChI is InChI=1S/C16H21NO3/c1-4-20-15-11-6-5-10(12(9(2)3)14(15)18)13(11)16(19)17-7-8-17/h9,18H,4-8H2,1-3H3. The smallest absolute Gasteiger partial charge is 0.254 e. The molecule has 0 radical (unpaired) electrons. The van der Waals surface area contributed by atoms with Crippen molar-refractivity contribution in [1.29, 1.82) is 0 Å². The Balaban J connectivity index is 2.21. The highest BCUT2D eigenvalue weighted by Crippen LogP contribution is 2.47. The second-order valence-corrected chi connectivity index (χ2v) is 5.80. The second-order valence-electron chi connectivity index (χ2n) is 5.80. The molecule has 4 heteroatoms. The maximum Gasteiger partial charge on any atom is 0.254 e. The Morgan fingerprint density at radius 2 is 1.95 bits per heavy atom. The Labute approximate surface area is 119 Å². The molecule has 0 unspecified atom stereocenters. The number of hydrogen-bond acceptors (Lipinski definition) is 3. The van der Waals surface area contributed by atoms with E-state index in [0.717, 1.165) is 48.2 Å². The molecule has 1 aromatic carbocycles. The fourth-order valence-corrected chi connectivity index (χ4v) is 3.18. The predicted octanol–water partition coefficient (Wildman–Crippen LogP) is 2.47. The van der Waals surface area contributed by atoms with Crippen molar-refractivity contribution in [3.8, 4) is 11.5 Å². The molecule has 1 aromatic rings. The molecule has 2 bridgehead atoms. The average molecular weight is 275 g/mol. The minimum atomic E-state index is 0.107. The molecule has 0 spiro atoms. The van der Waals surface area contributed by atoms with Crippen LogP contribution in [0.15, 0.2) is 0 Å². The summed E-state index contributed by atoms with van der Waals surface area (Å²) in [4.78, 5) is 14.4. The lowest BCUT2D eigenvalue weighted by atomic mass is 9.92. The van der Waals surface area contributed by atoms with Crippen LogP contribution in [-0.2, 0) is 12.8 Å². The highest BCUT2D eigenvalue weighted by Gasteiger charge is 2.37. The van der Waals surface area contributed by atoms with Gasteiger partial charge in [0.25, 0.3) is 5.91 Å². The van der Waals surface area contributed by atoms with Crippen molar-refractivity contribution in [2.45, 2.75) is 39.5 Å². The fourth-order valence-electron chi connectivity index (χ4n) is 3.18. The molecule has 1 N–H and O–H groups in total. The second kappa shape index (κ2) is 4.69. The maximum absolute atomic E-state index is 12.5. The van der Waals surface area contributed by atoms with Crippen molar-refractivity contribution < 1.29 is 14.6 Å². The monoisotopic (exact) mass is 275 g/mol. The van der Waals surface area contributed by atoms with Crippen molar-refractivity contribution >= 4 is 5.91 Å². The highest BCUT2D eigenvalue weighted by molar-refractivity contribution is 6.01. The predicted molar refractivity (Wildman–Crippen MR) is 76.7 cm³/mol. The molecule has 1 saturated heterocycles. The third kappa shape index (κ3) is 1.86. The van der Waals surface area contributed by atoms with Crippen molar-refractivity contribution in [1.82, 2.24) is 4.90 Å². The van der Waals surface area contributed by atoms with E-state index in [1.165, 1.54) is 0 Å². The summed E-state index contributed by atoms with van der Waals surface area (Å²) in [6.45, 7) is 8.18. The number of fused-ring (bicyclic) bond motifs is 2. The van der Waals surface area contributed by atoms with E-state index < -0.39 is 0 Å². The van der Waals surface area contributed by atoms with E-state index in [4.69, 9.17) is 4.74 Å². The van der Waals surface area contributed by atoms with Gasteiger partial charge in [-0.3, -0.25) is 4.79 Å². The number of amides is 1. The molecule has 4 nitrogen and oxygen atoms in total. The van der Waals surface area contributed by atoms with E-state index in [-0.39, 0.29) is 17.6 Å².